The monoisotopic (exact) mass is 453 g/mol. The lowest BCUT2D eigenvalue weighted by atomic mass is 10.2. The minimum atomic E-state index is -0.693. The second-order valence-corrected chi connectivity index (χ2v) is 9.14. The van der Waals surface area contributed by atoms with E-state index in [2.05, 4.69) is 17.9 Å². The fraction of sp³-hybridized carbons (Fsp3) is 0.417. The molecule has 2 aliphatic heterocycles. The number of aromatic nitrogens is 1. The number of para-hydroxylation sites is 2. The summed E-state index contributed by atoms with van der Waals surface area (Å²) in [7, 11) is 0. The molecule has 1 saturated heterocycles. The van der Waals surface area contributed by atoms with Gasteiger partial charge in [0.15, 0.2) is 16.6 Å². The number of hydrogen-bond acceptors (Lipinski definition) is 7. The van der Waals surface area contributed by atoms with Gasteiger partial charge in [0.2, 0.25) is 6.10 Å². The minimum Gasteiger partial charge on any atom is -0.485 e. The lowest BCUT2D eigenvalue weighted by Crippen LogP contribution is -2.47. The van der Waals surface area contributed by atoms with Crippen LogP contribution in [0.25, 0.3) is 10.2 Å². The molecule has 1 amide bonds. The van der Waals surface area contributed by atoms with E-state index in [1.54, 1.807) is 16.2 Å². The van der Waals surface area contributed by atoms with Gasteiger partial charge in [-0.3, -0.25) is 14.6 Å². The molecule has 2 aromatic carbocycles. The number of carbonyl (C=O) groups is 1. The zero-order chi connectivity index (χ0) is 21.9. The highest BCUT2D eigenvalue weighted by Gasteiger charge is 2.33. The quantitative estimate of drug-likeness (QED) is 0.569. The predicted octanol–water partition coefficient (Wildman–Crippen LogP) is 3.50. The summed E-state index contributed by atoms with van der Waals surface area (Å²) < 4.78 is 18.3. The molecule has 5 rings (SSSR count). The van der Waals surface area contributed by atoms with Crippen LogP contribution < -0.4 is 14.4 Å². The molecular formula is C24H27N3O4S. The molecule has 1 aromatic heterocycles. The van der Waals surface area contributed by atoms with Gasteiger partial charge in [-0.15, -0.1) is 0 Å². The summed E-state index contributed by atoms with van der Waals surface area (Å²) >= 11 is 1.55. The van der Waals surface area contributed by atoms with Crippen molar-refractivity contribution < 1.29 is 19.0 Å². The maximum Gasteiger partial charge on any atom is 0.273 e. The second kappa shape index (κ2) is 9.44. The third-order valence-corrected chi connectivity index (χ3v) is 6.81. The lowest BCUT2D eigenvalue weighted by molar-refractivity contribution is -0.127. The van der Waals surface area contributed by atoms with Crippen molar-refractivity contribution in [1.82, 2.24) is 9.88 Å². The zero-order valence-corrected chi connectivity index (χ0v) is 19.0. The van der Waals surface area contributed by atoms with Gasteiger partial charge in [0.05, 0.1) is 23.4 Å². The van der Waals surface area contributed by atoms with Crippen LogP contribution in [0.4, 0.5) is 5.13 Å². The number of benzene rings is 2. The van der Waals surface area contributed by atoms with Crippen LogP contribution in [0.3, 0.4) is 0 Å². The third-order valence-electron chi connectivity index (χ3n) is 5.77. The number of fused-ring (bicyclic) bond motifs is 2. The van der Waals surface area contributed by atoms with E-state index in [-0.39, 0.29) is 12.5 Å². The van der Waals surface area contributed by atoms with Crippen molar-refractivity contribution in [1.29, 1.82) is 0 Å². The Kier molecular flexibility index (Phi) is 6.25. The fourth-order valence-electron chi connectivity index (χ4n) is 4.03. The van der Waals surface area contributed by atoms with E-state index in [1.165, 1.54) is 5.56 Å². The first-order valence-corrected chi connectivity index (χ1v) is 11.9. The first kappa shape index (κ1) is 21.2. The Bertz CT molecular complexity index is 1100. The van der Waals surface area contributed by atoms with Crippen molar-refractivity contribution >= 4 is 32.6 Å². The molecule has 1 fully saturated rings. The number of carbonyl (C=O) groups excluding carboxylic acids is 1. The van der Waals surface area contributed by atoms with Gasteiger partial charge in [-0.2, -0.15) is 0 Å². The van der Waals surface area contributed by atoms with E-state index in [1.807, 2.05) is 36.4 Å². The van der Waals surface area contributed by atoms with Gasteiger partial charge in [-0.25, -0.2) is 4.98 Å². The van der Waals surface area contributed by atoms with Gasteiger partial charge >= 0.3 is 0 Å². The van der Waals surface area contributed by atoms with Crippen molar-refractivity contribution in [3.63, 3.8) is 0 Å². The Labute approximate surface area is 191 Å². The van der Waals surface area contributed by atoms with E-state index >= 15 is 0 Å². The van der Waals surface area contributed by atoms with Gasteiger partial charge in [-0.05, 0) is 43.2 Å². The molecule has 3 aromatic rings. The normalized spacial score (nSPS) is 18.6. The van der Waals surface area contributed by atoms with Crippen molar-refractivity contribution in [2.24, 2.45) is 0 Å². The van der Waals surface area contributed by atoms with Gasteiger partial charge in [0.1, 0.15) is 6.61 Å². The number of anilines is 1. The molecule has 0 radical (unpaired) electrons. The smallest absolute Gasteiger partial charge is 0.273 e. The van der Waals surface area contributed by atoms with Crippen molar-refractivity contribution in [2.45, 2.75) is 19.4 Å². The van der Waals surface area contributed by atoms with Crippen LogP contribution in [0.15, 0.2) is 42.5 Å². The van der Waals surface area contributed by atoms with Gasteiger partial charge < -0.3 is 14.2 Å². The molecule has 7 nitrogen and oxygen atoms in total. The van der Waals surface area contributed by atoms with E-state index in [0.29, 0.717) is 23.2 Å². The predicted molar refractivity (Wildman–Crippen MR) is 125 cm³/mol. The summed E-state index contributed by atoms with van der Waals surface area (Å²) in [5.41, 5.74) is 2.09. The van der Waals surface area contributed by atoms with Crippen LogP contribution in [0.2, 0.25) is 0 Å². The molecule has 0 saturated carbocycles. The maximum atomic E-state index is 13.6. The van der Waals surface area contributed by atoms with Crippen LogP contribution in [0.5, 0.6) is 11.5 Å². The van der Waals surface area contributed by atoms with E-state index in [4.69, 9.17) is 19.2 Å². The lowest BCUT2D eigenvalue weighted by Gasteiger charge is -2.31. The van der Waals surface area contributed by atoms with Crippen LogP contribution in [-0.4, -0.2) is 67.9 Å². The molecule has 0 aliphatic carbocycles. The molecule has 1 unspecified atom stereocenters. The number of aryl methyl sites for hydroxylation is 1. The number of thiazole rings is 1. The van der Waals surface area contributed by atoms with E-state index in [9.17, 15) is 4.79 Å². The summed E-state index contributed by atoms with van der Waals surface area (Å²) in [4.78, 5) is 22.5. The highest BCUT2D eigenvalue weighted by molar-refractivity contribution is 7.22. The number of ether oxygens (including phenoxy) is 3. The summed E-state index contributed by atoms with van der Waals surface area (Å²) in [5, 5.41) is 0.708. The average Bonchev–Trinajstić information content (AvgIpc) is 3.24. The topological polar surface area (TPSA) is 64.1 Å². The minimum absolute atomic E-state index is 0.114. The van der Waals surface area contributed by atoms with Gasteiger partial charge in [0.25, 0.3) is 5.91 Å². The average molecular weight is 454 g/mol. The molecule has 0 spiro atoms. The summed E-state index contributed by atoms with van der Waals surface area (Å²) in [6.07, 6.45) is 0.159. The first-order valence-electron chi connectivity index (χ1n) is 11.0. The van der Waals surface area contributed by atoms with Crippen LogP contribution >= 0.6 is 11.3 Å². The standard InChI is InChI=1S/C24H27N3O4S/c1-17-7-8-18-22(15-17)32-24(25-18)27(10-4-9-26-11-13-29-14-12-26)23(28)21-16-30-19-5-2-3-6-20(19)31-21/h2-3,5-8,15,21H,4,9-14,16H2,1H3. The Morgan fingerprint density at radius 3 is 2.84 bits per heavy atom. The largest absolute Gasteiger partial charge is 0.485 e. The molecule has 168 valence electrons. The van der Waals surface area contributed by atoms with Gasteiger partial charge in [-0.1, -0.05) is 29.5 Å². The third kappa shape index (κ3) is 4.57. The van der Waals surface area contributed by atoms with Crippen molar-refractivity contribution in [3.8, 4) is 11.5 Å². The highest BCUT2D eigenvalue weighted by Crippen LogP contribution is 2.34. The van der Waals surface area contributed by atoms with E-state index < -0.39 is 6.10 Å². The Balaban J connectivity index is 1.36. The first-order chi connectivity index (χ1) is 15.7. The molecule has 0 N–H and O–H groups in total. The number of rotatable bonds is 6. The van der Waals surface area contributed by atoms with Crippen molar-refractivity contribution in [2.75, 3.05) is 50.9 Å². The van der Waals surface area contributed by atoms with E-state index in [0.717, 1.165) is 49.5 Å². The number of nitrogens with zero attached hydrogens (tertiary/aromatic N) is 3. The summed E-state index contributed by atoms with van der Waals surface area (Å²) in [5.74, 6) is 1.16. The fourth-order valence-corrected chi connectivity index (χ4v) is 5.12. The Hall–Kier alpha value is -2.68. The SMILES string of the molecule is Cc1ccc2nc(N(CCCN3CCOCC3)C(=O)C3COc4ccccc4O3)sc2c1. The Morgan fingerprint density at radius 2 is 2.00 bits per heavy atom. The summed E-state index contributed by atoms with van der Waals surface area (Å²) in [6, 6.07) is 13.6. The van der Waals surface area contributed by atoms with Crippen LogP contribution in [0.1, 0.15) is 12.0 Å². The van der Waals surface area contributed by atoms with Crippen LogP contribution in [-0.2, 0) is 9.53 Å². The molecule has 1 atom stereocenters. The number of morpholine rings is 1. The molecule has 32 heavy (non-hydrogen) atoms. The molecule has 0 bridgehead atoms. The van der Waals surface area contributed by atoms with Crippen LogP contribution in [0, 0.1) is 6.92 Å². The molecule has 2 aliphatic rings. The molecule has 3 heterocycles. The maximum absolute atomic E-state index is 13.6. The Morgan fingerprint density at radius 1 is 1.19 bits per heavy atom. The molecular weight excluding hydrogens is 426 g/mol. The molecule has 8 heteroatoms. The second-order valence-electron chi connectivity index (χ2n) is 8.13. The zero-order valence-electron chi connectivity index (χ0n) is 18.2. The van der Waals surface area contributed by atoms with Gasteiger partial charge in [0, 0.05) is 26.2 Å². The highest BCUT2D eigenvalue weighted by atomic mass is 32.1. The van der Waals surface area contributed by atoms with Crippen molar-refractivity contribution in [3.05, 3.63) is 48.0 Å². The summed E-state index contributed by atoms with van der Waals surface area (Å²) in [6.45, 7) is 7.17. The number of amides is 1. The number of hydrogen-bond donors (Lipinski definition) is 0.